The van der Waals surface area contributed by atoms with Crippen LogP contribution in [0.5, 0.6) is 0 Å². The Morgan fingerprint density at radius 2 is 2.06 bits per heavy atom. The lowest BCUT2D eigenvalue weighted by Gasteiger charge is -2.01. The van der Waals surface area contributed by atoms with Gasteiger partial charge < -0.3 is 4.74 Å². The van der Waals surface area contributed by atoms with Crippen molar-refractivity contribution in [2.45, 2.75) is 6.92 Å². The van der Waals surface area contributed by atoms with Crippen LogP contribution in [0, 0.1) is 6.92 Å². The SMILES string of the molecule is COC(=O)c1c(Br)c(C)nn1-c1nc(Br)c(Br)s1. The van der Waals surface area contributed by atoms with Gasteiger partial charge in [0.2, 0.25) is 5.13 Å². The molecular formula is C9H6Br3N3O2S. The summed E-state index contributed by atoms with van der Waals surface area (Å²) in [5.74, 6) is -0.468. The van der Waals surface area contributed by atoms with Gasteiger partial charge in [0.25, 0.3) is 0 Å². The summed E-state index contributed by atoms with van der Waals surface area (Å²) in [7, 11) is 1.33. The summed E-state index contributed by atoms with van der Waals surface area (Å²) in [5.41, 5.74) is 1.02. The van der Waals surface area contributed by atoms with Crippen LogP contribution in [0.2, 0.25) is 0 Å². The zero-order valence-electron chi connectivity index (χ0n) is 9.20. The number of hydrogen-bond donors (Lipinski definition) is 0. The molecule has 0 N–H and O–H groups in total. The van der Waals surface area contributed by atoms with E-state index in [-0.39, 0.29) is 0 Å². The second kappa shape index (κ2) is 5.40. The standard InChI is InChI=1S/C9H6Br3N3O2S/c1-3-4(10)5(8(16)17-2)15(14-3)9-13-6(11)7(12)18-9/h1-2H3. The Balaban J connectivity index is 2.64. The van der Waals surface area contributed by atoms with Gasteiger partial charge in [-0.3, -0.25) is 0 Å². The molecule has 0 saturated heterocycles. The average molecular weight is 460 g/mol. The van der Waals surface area contributed by atoms with Crippen LogP contribution < -0.4 is 0 Å². The first kappa shape index (κ1) is 14.2. The highest BCUT2D eigenvalue weighted by molar-refractivity contribution is 9.13. The van der Waals surface area contributed by atoms with Crippen LogP contribution in [0.4, 0.5) is 0 Å². The summed E-state index contributed by atoms with van der Waals surface area (Å²) in [6.45, 7) is 1.80. The average Bonchev–Trinajstić information content (AvgIpc) is 2.81. The molecule has 0 amide bonds. The Bertz CT molecular complexity index is 603. The van der Waals surface area contributed by atoms with E-state index in [9.17, 15) is 4.79 Å². The van der Waals surface area contributed by atoms with Gasteiger partial charge in [-0.2, -0.15) is 9.78 Å². The molecule has 2 rings (SSSR count). The van der Waals surface area contributed by atoms with Crippen LogP contribution >= 0.6 is 59.1 Å². The van der Waals surface area contributed by atoms with Crippen LogP contribution in [0.1, 0.15) is 16.2 Å². The van der Waals surface area contributed by atoms with Gasteiger partial charge in [0.15, 0.2) is 5.69 Å². The van der Waals surface area contributed by atoms with Crippen molar-refractivity contribution < 1.29 is 9.53 Å². The van der Waals surface area contributed by atoms with Crippen LogP contribution in [-0.2, 0) is 4.74 Å². The fourth-order valence-electron chi connectivity index (χ4n) is 1.28. The molecule has 2 aromatic heterocycles. The molecule has 0 bridgehead atoms. The number of carbonyl (C=O) groups excluding carboxylic acids is 1. The third kappa shape index (κ3) is 2.40. The highest BCUT2D eigenvalue weighted by atomic mass is 79.9. The molecule has 0 atom stereocenters. The van der Waals surface area contributed by atoms with Gasteiger partial charge in [0.1, 0.15) is 8.39 Å². The van der Waals surface area contributed by atoms with Crippen molar-refractivity contribution in [3.63, 3.8) is 0 Å². The maximum Gasteiger partial charge on any atom is 0.358 e. The number of aromatic nitrogens is 3. The predicted octanol–water partition coefficient (Wildman–Crippen LogP) is 3.71. The highest BCUT2D eigenvalue weighted by Gasteiger charge is 2.24. The monoisotopic (exact) mass is 457 g/mol. The van der Waals surface area contributed by atoms with Crippen molar-refractivity contribution in [1.29, 1.82) is 0 Å². The minimum atomic E-state index is -0.468. The van der Waals surface area contributed by atoms with Crippen molar-refractivity contribution in [2.75, 3.05) is 7.11 Å². The zero-order valence-corrected chi connectivity index (χ0v) is 14.8. The minimum absolute atomic E-state index is 0.323. The molecule has 0 saturated carbocycles. The van der Waals surface area contributed by atoms with Gasteiger partial charge in [-0.05, 0) is 54.7 Å². The number of rotatable bonds is 2. The maximum atomic E-state index is 11.8. The fourth-order valence-corrected chi connectivity index (χ4v) is 3.39. The molecule has 0 unspecified atom stereocenters. The fraction of sp³-hybridized carbons (Fsp3) is 0.222. The number of methoxy groups -OCH3 is 1. The van der Waals surface area contributed by atoms with Crippen LogP contribution in [-0.4, -0.2) is 27.8 Å². The molecule has 0 aliphatic carbocycles. The van der Waals surface area contributed by atoms with E-state index in [2.05, 4.69) is 57.9 Å². The second-order valence-corrected chi connectivity index (χ2v) is 7.05. The quantitative estimate of drug-likeness (QED) is 0.642. The Morgan fingerprint density at radius 3 is 2.56 bits per heavy atom. The van der Waals surface area contributed by atoms with E-state index >= 15 is 0 Å². The molecule has 96 valence electrons. The van der Waals surface area contributed by atoms with E-state index in [0.717, 1.165) is 3.79 Å². The number of nitrogens with zero attached hydrogens (tertiary/aromatic N) is 3. The molecule has 2 heterocycles. The van der Waals surface area contributed by atoms with Crippen molar-refractivity contribution in [3.05, 3.63) is 24.3 Å². The molecule has 9 heteroatoms. The lowest BCUT2D eigenvalue weighted by atomic mass is 10.4. The third-order valence-electron chi connectivity index (χ3n) is 2.08. The lowest BCUT2D eigenvalue weighted by molar-refractivity contribution is 0.0589. The van der Waals surface area contributed by atoms with E-state index in [1.54, 1.807) is 6.92 Å². The number of ether oxygens (including phenoxy) is 1. The van der Waals surface area contributed by atoms with Crippen molar-refractivity contribution in [3.8, 4) is 5.13 Å². The van der Waals surface area contributed by atoms with Gasteiger partial charge >= 0.3 is 5.97 Å². The Hall–Kier alpha value is -0.250. The normalized spacial score (nSPS) is 10.7. The van der Waals surface area contributed by atoms with Crippen molar-refractivity contribution >= 4 is 65.1 Å². The van der Waals surface area contributed by atoms with Crippen LogP contribution in [0.15, 0.2) is 12.9 Å². The van der Waals surface area contributed by atoms with Crippen LogP contribution in [0.3, 0.4) is 0 Å². The summed E-state index contributed by atoms with van der Waals surface area (Å²) >= 11 is 11.4. The van der Waals surface area contributed by atoms with Crippen molar-refractivity contribution in [2.24, 2.45) is 0 Å². The largest absolute Gasteiger partial charge is 0.464 e. The van der Waals surface area contributed by atoms with E-state index in [4.69, 9.17) is 4.74 Å². The second-order valence-electron chi connectivity index (χ2n) is 3.21. The molecule has 18 heavy (non-hydrogen) atoms. The van der Waals surface area contributed by atoms with Gasteiger partial charge in [0, 0.05) is 0 Å². The van der Waals surface area contributed by atoms with Gasteiger partial charge in [-0.15, -0.1) is 0 Å². The molecule has 2 aromatic rings. The van der Waals surface area contributed by atoms with E-state index in [1.807, 2.05) is 0 Å². The first-order valence-electron chi connectivity index (χ1n) is 4.61. The summed E-state index contributed by atoms with van der Waals surface area (Å²) in [5, 5.41) is 4.85. The number of esters is 1. The van der Waals surface area contributed by atoms with E-state index in [0.29, 0.717) is 25.6 Å². The molecular weight excluding hydrogens is 454 g/mol. The topological polar surface area (TPSA) is 57.0 Å². The number of hydrogen-bond acceptors (Lipinski definition) is 5. The Morgan fingerprint density at radius 1 is 1.39 bits per heavy atom. The first-order chi connectivity index (χ1) is 8.45. The maximum absolute atomic E-state index is 11.8. The number of carbonyl (C=O) groups is 1. The zero-order chi connectivity index (χ0) is 13.4. The number of thiazole rings is 1. The van der Waals surface area contributed by atoms with Crippen molar-refractivity contribution in [1.82, 2.24) is 14.8 Å². The van der Waals surface area contributed by atoms with E-state index in [1.165, 1.54) is 23.1 Å². The lowest BCUT2D eigenvalue weighted by Crippen LogP contribution is -2.10. The molecule has 0 aliphatic heterocycles. The van der Waals surface area contributed by atoms with Gasteiger partial charge in [-0.1, -0.05) is 11.3 Å². The molecule has 0 spiro atoms. The van der Waals surface area contributed by atoms with E-state index < -0.39 is 5.97 Å². The molecule has 0 aromatic carbocycles. The summed E-state index contributed by atoms with van der Waals surface area (Å²) in [6, 6.07) is 0. The summed E-state index contributed by atoms with van der Waals surface area (Å²) < 4.78 is 8.33. The number of aryl methyl sites for hydroxylation is 1. The summed E-state index contributed by atoms with van der Waals surface area (Å²) in [4.78, 5) is 16.0. The minimum Gasteiger partial charge on any atom is -0.464 e. The molecule has 5 nitrogen and oxygen atoms in total. The van der Waals surface area contributed by atoms with Crippen LogP contribution in [0.25, 0.3) is 5.13 Å². The smallest absolute Gasteiger partial charge is 0.358 e. The molecule has 0 aliphatic rings. The molecule has 0 radical (unpaired) electrons. The first-order valence-corrected chi connectivity index (χ1v) is 7.81. The third-order valence-corrected chi connectivity index (χ3v) is 6.08. The molecule has 0 fully saturated rings. The Labute approximate surface area is 132 Å². The predicted molar refractivity (Wildman–Crippen MR) is 78.4 cm³/mol. The highest BCUT2D eigenvalue weighted by Crippen LogP contribution is 2.33. The van der Waals surface area contributed by atoms with Gasteiger partial charge in [-0.25, -0.2) is 9.78 Å². The Kier molecular flexibility index (Phi) is 4.25. The number of halogens is 3. The van der Waals surface area contributed by atoms with Gasteiger partial charge in [0.05, 0.1) is 17.3 Å². The summed E-state index contributed by atoms with van der Waals surface area (Å²) in [6.07, 6.45) is 0.